The molecule has 0 heterocycles. The molecule has 0 spiro atoms. The molecule has 1 atom stereocenters. The fraction of sp³-hybridized carbons (Fsp3) is 0.333. The predicted octanol–water partition coefficient (Wildman–Crippen LogP) is 4.42. The number of hydrogen-bond acceptors (Lipinski definition) is 1. The van der Waals surface area contributed by atoms with E-state index in [2.05, 4.69) is 36.5 Å². The maximum atomic E-state index is 13.8. The van der Waals surface area contributed by atoms with Gasteiger partial charge in [-0.3, -0.25) is 0 Å². The molecule has 112 valence electrons. The van der Waals surface area contributed by atoms with Gasteiger partial charge >= 0.3 is 0 Å². The van der Waals surface area contributed by atoms with Gasteiger partial charge in [0.25, 0.3) is 0 Å². The minimum absolute atomic E-state index is 0.0165. The minimum atomic E-state index is -0.788. The molecule has 0 saturated heterocycles. The van der Waals surface area contributed by atoms with Gasteiger partial charge in [0.1, 0.15) is 0 Å². The van der Waals surface area contributed by atoms with Crippen molar-refractivity contribution in [3.8, 4) is 0 Å². The summed E-state index contributed by atoms with van der Waals surface area (Å²) in [5, 5.41) is 3.34. The van der Waals surface area contributed by atoms with Crippen molar-refractivity contribution >= 4 is 0 Å². The topological polar surface area (TPSA) is 12.0 Å². The Morgan fingerprint density at radius 3 is 2.33 bits per heavy atom. The van der Waals surface area contributed by atoms with Crippen molar-refractivity contribution in [3.63, 3.8) is 0 Å². The Hall–Kier alpha value is -1.74. The monoisotopic (exact) mass is 289 g/mol. The molecule has 0 saturated carbocycles. The Labute approximate surface area is 125 Å². The van der Waals surface area contributed by atoms with Crippen LogP contribution in [0.2, 0.25) is 0 Å². The minimum Gasteiger partial charge on any atom is -0.310 e. The van der Waals surface area contributed by atoms with E-state index < -0.39 is 11.6 Å². The third-order valence-corrected chi connectivity index (χ3v) is 3.70. The molecule has 2 aromatic rings. The zero-order chi connectivity index (χ0) is 15.2. The normalized spacial score (nSPS) is 12.4. The van der Waals surface area contributed by atoms with Crippen molar-refractivity contribution in [1.29, 1.82) is 0 Å². The Morgan fingerprint density at radius 2 is 1.71 bits per heavy atom. The SMILES string of the molecule is CCNC(Cc1cccc(F)c1F)c1ccc(CC)cc1. The summed E-state index contributed by atoms with van der Waals surface area (Å²) in [6.45, 7) is 4.89. The van der Waals surface area contributed by atoms with E-state index >= 15 is 0 Å². The first-order valence-corrected chi connectivity index (χ1v) is 7.40. The number of hydrogen-bond donors (Lipinski definition) is 1. The standard InChI is InChI=1S/C18H21F2N/c1-3-13-8-10-14(11-9-13)17(21-4-2)12-15-6-5-7-16(19)18(15)20/h5-11,17,21H,3-4,12H2,1-2H3. The summed E-state index contributed by atoms with van der Waals surface area (Å²) >= 11 is 0. The Kier molecular flexibility index (Phi) is 5.45. The van der Waals surface area contributed by atoms with Crippen LogP contribution in [0.3, 0.4) is 0 Å². The maximum absolute atomic E-state index is 13.8. The molecule has 21 heavy (non-hydrogen) atoms. The summed E-state index contributed by atoms with van der Waals surface area (Å²) < 4.78 is 27.2. The summed E-state index contributed by atoms with van der Waals surface area (Å²) in [6.07, 6.45) is 1.42. The zero-order valence-corrected chi connectivity index (χ0v) is 12.5. The Balaban J connectivity index is 2.23. The molecule has 0 aliphatic carbocycles. The summed E-state index contributed by atoms with van der Waals surface area (Å²) in [4.78, 5) is 0. The fourth-order valence-electron chi connectivity index (χ4n) is 2.47. The molecular formula is C18H21F2N. The molecule has 0 bridgehead atoms. The molecule has 0 radical (unpaired) electrons. The molecule has 0 aromatic heterocycles. The van der Waals surface area contributed by atoms with Crippen molar-refractivity contribution in [1.82, 2.24) is 5.32 Å². The summed E-state index contributed by atoms with van der Waals surface area (Å²) in [7, 11) is 0. The molecule has 0 fully saturated rings. The molecule has 3 heteroatoms. The van der Waals surface area contributed by atoms with Crippen LogP contribution in [0, 0.1) is 11.6 Å². The number of rotatable bonds is 6. The first-order valence-electron chi connectivity index (χ1n) is 7.40. The van der Waals surface area contributed by atoms with Gasteiger partial charge in [0.2, 0.25) is 0 Å². The van der Waals surface area contributed by atoms with E-state index in [1.807, 2.05) is 6.92 Å². The number of nitrogens with one attached hydrogen (secondary N) is 1. The van der Waals surface area contributed by atoms with E-state index in [1.165, 1.54) is 5.56 Å². The van der Waals surface area contributed by atoms with E-state index in [0.717, 1.165) is 24.6 Å². The highest BCUT2D eigenvalue weighted by atomic mass is 19.2. The molecule has 2 rings (SSSR count). The lowest BCUT2D eigenvalue weighted by atomic mass is 9.97. The Bertz CT molecular complexity index is 578. The smallest absolute Gasteiger partial charge is 0.162 e. The fourth-order valence-corrected chi connectivity index (χ4v) is 2.47. The van der Waals surface area contributed by atoms with Gasteiger partial charge in [-0.1, -0.05) is 50.2 Å². The number of aryl methyl sites for hydroxylation is 1. The largest absolute Gasteiger partial charge is 0.310 e. The number of benzene rings is 2. The molecule has 0 aliphatic heterocycles. The van der Waals surface area contributed by atoms with Gasteiger partial charge in [-0.25, -0.2) is 8.78 Å². The maximum Gasteiger partial charge on any atom is 0.162 e. The van der Waals surface area contributed by atoms with Crippen LogP contribution in [0.15, 0.2) is 42.5 Å². The van der Waals surface area contributed by atoms with E-state index in [4.69, 9.17) is 0 Å². The average Bonchev–Trinajstić information content (AvgIpc) is 2.51. The lowest BCUT2D eigenvalue weighted by Crippen LogP contribution is -2.23. The van der Waals surface area contributed by atoms with Gasteiger partial charge in [-0.05, 0) is 42.1 Å². The molecule has 1 nitrogen and oxygen atoms in total. The van der Waals surface area contributed by atoms with Gasteiger partial charge in [-0.2, -0.15) is 0 Å². The Morgan fingerprint density at radius 1 is 1.00 bits per heavy atom. The number of likely N-dealkylation sites (N-methyl/N-ethyl adjacent to an activating group) is 1. The highest BCUT2D eigenvalue weighted by molar-refractivity contribution is 5.28. The van der Waals surface area contributed by atoms with Crippen LogP contribution in [0.25, 0.3) is 0 Å². The van der Waals surface area contributed by atoms with Gasteiger partial charge in [0, 0.05) is 6.04 Å². The number of halogens is 2. The van der Waals surface area contributed by atoms with Crippen molar-refractivity contribution in [2.45, 2.75) is 32.7 Å². The molecular weight excluding hydrogens is 268 g/mol. The molecule has 1 N–H and O–H groups in total. The third-order valence-electron chi connectivity index (χ3n) is 3.70. The summed E-state index contributed by atoms with van der Waals surface area (Å²) in [5.41, 5.74) is 2.77. The summed E-state index contributed by atoms with van der Waals surface area (Å²) in [5.74, 6) is -1.53. The van der Waals surface area contributed by atoms with Gasteiger partial charge in [-0.15, -0.1) is 0 Å². The van der Waals surface area contributed by atoms with Crippen LogP contribution in [0.1, 0.15) is 36.6 Å². The van der Waals surface area contributed by atoms with Gasteiger partial charge in [0.15, 0.2) is 11.6 Å². The molecule has 0 amide bonds. The zero-order valence-electron chi connectivity index (χ0n) is 12.5. The summed E-state index contributed by atoms with van der Waals surface area (Å²) in [6, 6.07) is 12.6. The van der Waals surface area contributed by atoms with Crippen LogP contribution < -0.4 is 5.32 Å². The van der Waals surface area contributed by atoms with Crippen LogP contribution in [0.5, 0.6) is 0 Å². The van der Waals surface area contributed by atoms with Crippen molar-refractivity contribution in [2.24, 2.45) is 0 Å². The van der Waals surface area contributed by atoms with E-state index in [1.54, 1.807) is 12.1 Å². The highest BCUT2D eigenvalue weighted by Crippen LogP contribution is 2.22. The lowest BCUT2D eigenvalue weighted by molar-refractivity contribution is 0.481. The predicted molar refractivity (Wildman–Crippen MR) is 82.3 cm³/mol. The molecule has 2 aromatic carbocycles. The lowest BCUT2D eigenvalue weighted by Gasteiger charge is -2.19. The van der Waals surface area contributed by atoms with E-state index in [-0.39, 0.29) is 6.04 Å². The molecule has 0 aliphatic rings. The first kappa shape index (κ1) is 15.6. The van der Waals surface area contributed by atoms with Gasteiger partial charge in [0.05, 0.1) is 0 Å². The van der Waals surface area contributed by atoms with E-state index in [0.29, 0.717) is 12.0 Å². The second kappa shape index (κ2) is 7.32. The second-order valence-corrected chi connectivity index (χ2v) is 5.12. The first-order chi connectivity index (χ1) is 10.2. The average molecular weight is 289 g/mol. The van der Waals surface area contributed by atoms with Crippen LogP contribution >= 0.6 is 0 Å². The highest BCUT2D eigenvalue weighted by Gasteiger charge is 2.15. The van der Waals surface area contributed by atoms with Crippen LogP contribution in [0.4, 0.5) is 8.78 Å². The van der Waals surface area contributed by atoms with Crippen molar-refractivity contribution in [2.75, 3.05) is 6.54 Å². The van der Waals surface area contributed by atoms with Crippen LogP contribution in [-0.4, -0.2) is 6.54 Å². The van der Waals surface area contributed by atoms with Crippen molar-refractivity contribution in [3.05, 3.63) is 70.8 Å². The second-order valence-electron chi connectivity index (χ2n) is 5.12. The molecule has 1 unspecified atom stereocenters. The van der Waals surface area contributed by atoms with Crippen LogP contribution in [-0.2, 0) is 12.8 Å². The van der Waals surface area contributed by atoms with E-state index in [9.17, 15) is 8.78 Å². The van der Waals surface area contributed by atoms with Crippen molar-refractivity contribution < 1.29 is 8.78 Å². The van der Waals surface area contributed by atoms with Gasteiger partial charge < -0.3 is 5.32 Å². The third kappa shape index (κ3) is 3.88. The quantitative estimate of drug-likeness (QED) is 0.830.